The standard InChI is InChI=1S/C13H24N2O2S/c16-18(17,10-11-4-6-14-7-5-11)15-8-12-2-1-3-13(12)9-15/h11-14H,1-10H2. The molecule has 0 aromatic rings. The number of hydrogen-bond donors (Lipinski definition) is 1. The smallest absolute Gasteiger partial charge is 0.214 e. The first kappa shape index (κ1) is 12.9. The molecule has 0 radical (unpaired) electrons. The van der Waals surface area contributed by atoms with E-state index in [9.17, 15) is 8.42 Å². The van der Waals surface area contributed by atoms with Crippen molar-refractivity contribution in [2.75, 3.05) is 31.9 Å². The van der Waals surface area contributed by atoms with Gasteiger partial charge in [0.2, 0.25) is 10.0 Å². The lowest BCUT2D eigenvalue weighted by Gasteiger charge is -2.25. The van der Waals surface area contributed by atoms with Gasteiger partial charge in [-0.1, -0.05) is 6.42 Å². The highest BCUT2D eigenvalue weighted by Crippen LogP contribution is 2.39. The predicted molar refractivity (Wildman–Crippen MR) is 71.8 cm³/mol. The molecule has 0 bridgehead atoms. The second kappa shape index (κ2) is 5.10. The van der Waals surface area contributed by atoms with Crippen LogP contribution in [0.25, 0.3) is 0 Å². The third kappa shape index (κ3) is 2.58. The van der Waals surface area contributed by atoms with Gasteiger partial charge >= 0.3 is 0 Å². The zero-order chi connectivity index (χ0) is 12.6. The minimum atomic E-state index is -3.00. The van der Waals surface area contributed by atoms with Crippen molar-refractivity contribution in [2.24, 2.45) is 17.8 Å². The highest BCUT2D eigenvalue weighted by Gasteiger charge is 2.41. The summed E-state index contributed by atoms with van der Waals surface area (Å²) in [6.45, 7) is 3.56. The third-order valence-corrected chi connectivity index (χ3v) is 6.97. The van der Waals surface area contributed by atoms with Crippen LogP contribution >= 0.6 is 0 Å². The van der Waals surface area contributed by atoms with Crippen LogP contribution in [-0.4, -0.2) is 44.7 Å². The van der Waals surface area contributed by atoms with Crippen LogP contribution in [0.5, 0.6) is 0 Å². The molecule has 2 heterocycles. The van der Waals surface area contributed by atoms with E-state index >= 15 is 0 Å². The van der Waals surface area contributed by atoms with E-state index in [1.165, 1.54) is 19.3 Å². The zero-order valence-electron chi connectivity index (χ0n) is 11.0. The molecule has 3 rings (SSSR count). The number of piperidine rings is 1. The molecule has 1 aliphatic carbocycles. The number of fused-ring (bicyclic) bond motifs is 1. The van der Waals surface area contributed by atoms with Gasteiger partial charge in [0, 0.05) is 13.1 Å². The average Bonchev–Trinajstić information content (AvgIpc) is 2.89. The fourth-order valence-corrected chi connectivity index (χ4v) is 5.85. The van der Waals surface area contributed by atoms with Gasteiger partial charge in [0.05, 0.1) is 5.75 Å². The van der Waals surface area contributed by atoms with Crippen molar-refractivity contribution in [1.29, 1.82) is 0 Å². The number of sulfonamides is 1. The Morgan fingerprint density at radius 3 is 2.22 bits per heavy atom. The molecule has 2 unspecified atom stereocenters. The molecular weight excluding hydrogens is 248 g/mol. The molecule has 4 nitrogen and oxygen atoms in total. The van der Waals surface area contributed by atoms with E-state index in [4.69, 9.17) is 0 Å². The summed E-state index contributed by atoms with van der Waals surface area (Å²) in [5.41, 5.74) is 0. The van der Waals surface area contributed by atoms with Gasteiger partial charge in [0.1, 0.15) is 0 Å². The lowest BCUT2D eigenvalue weighted by Crippen LogP contribution is -2.37. The van der Waals surface area contributed by atoms with E-state index in [1.807, 2.05) is 0 Å². The lowest BCUT2D eigenvalue weighted by atomic mass is 10.0. The van der Waals surface area contributed by atoms with E-state index in [1.54, 1.807) is 4.31 Å². The van der Waals surface area contributed by atoms with Crippen LogP contribution in [0.15, 0.2) is 0 Å². The quantitative estimate of drug-likeness (QED) is 0.835. The number of nitrogens with one attached hydrogen (secondary N) is 1. The van der Waals surface area contributed by atoms with Gasteiger partial charge in [-0.3, -0.25) is 0 Å². The summed E-state index contributed by atoms with van der Waals surface area (Å²) >= 11 is 0. The van der Waals surface area contributed by atoms with Crippen molar-refractivity contribution >= 4 is 10.0 Å². The Morgan fingerprint density at radius 1 is 1.00 bits per heavy atom. The summed E-state index contributed by atoms with van der Waals surface area (Å²) in [6.07, 6.45) is 5.81. The molecule has 2 saturated heterocycles. The van der Waals surface area contributed by atoms with Crippen LogP contribution in [0.3, 0.4) is 0 Å². The number of rotatable bonds is 3. The Kier molecular flexibility index (Phi) is 3.65. The van der Waals surface area contributed by atoms with E-state index in [0.717, 1.165) is 39.0 Å². The Balaban J connectivity index is 1.60. The Labute approximate surface area is 110 Å². The predicted octanol–water partition coefficient (Wildman–Crippen LogP) is 1.05. The van der Waals surface area contributed by atoms with Crippen LogP contribution in [0.2, 0.25) is 0 Å². The maximum absolute atomic E-state index is 12.4. The van der Waals surface area contributed by atoms with Gasteiger partial charge in [-0.05, 0) is 56.5 Å². The molecule has 104 valence electrons. The molecule has 1 N–H and O–H groups in total. The van der Waals surface area contributed by atoms with Crippen LogP contribution in [0.4, 0.5) is 0 Å². The second-order valence-corrected chi connectivity index (χ2v) is 8.25. The lowest BCUT2D eigenvalue weighted by molar-refractivity contribution is 0.385. The summed E-state index contributed by atoms with van der Waals surface area (Å²) in [5, 5.41) is 3.29. The fraction of sp³-hybridized carbons (Fsp3) is 1.00. The largest absolute Gasteiger partial charge is 0.317 e. The summed E-state index contributed by atoms with van der Waals surface area (Å²) < 4.78 is 26.7. The Bertz CT molecular complexity index is 378. The number of nitrogens with zero attached hydrogens (tertiary/aromatic N) is 1. The molecule has 2 atom stereocenters. The highest BCUT2D eigenvalue weighted by atomic mass is 32.2. The summed E-state index contributed by atoms with van der Waals surface area (Å²) in [7, 11) is -3.00. The molecule has 0 amide bonds. The van der Waals surface area contributed by atoms with E-state index < -0.39 is 10.0 Å². The first-order chi connectivity index (χ1) is 8.65. The molecule has 0 spiro atoms. The van der Waals surface area contributed by atoms with Gasteiger partial charge < -0.3 is 5.32 Å². The van der Waals surface area contributed by atoms with Gasteiger partial charge in [0.25, 0.3) is 0 Å². The molecule has 2 aliphatic heterocycles. The van der Waals surface area contributed by atoms with Crippen molar-refractivity contribution in [3.05, 3.63) is 0 Å². The number of hydrogen-bond acceptors (Lipinski definition) is 3. The maximum atomic E-state index is 12.4. The average molecular weight is 272 g/mol. The van der Waals surface area contributed by atoms with Gasteiger partial charge in [-0.25, -0.2) is 12.7 Å². The normalized spacial score (nSPS) is 34.9. The summed E-state index contributed by atoms with van der Waals surface area (Å²) in [5.74, 6) is 2.07. The molecule has 0 aromatic carbocycles. The summed E-state index contributed by atoms with van der Waals surface area (Å²) in [6, 6.07) is 0. The van der Waals surface area contributed by atoms with E-state index in [2.05, 4.69) is 5.32 Å². The fourth-order valence-electron chi connectivity index (χ4n) is 3.87. The zero-order valence-corrected chi connectivity index (χ0v) is 11.8. The van der Waals surface area contributed by atoms with Crippen molar-refractivity contribution in [3.63, 3.8) is 0 Å². The van der Waals surface area contributed by atoms with Crippen LogP contribution < -0.4 is 5.32 Å². The summed E-state index contributed by atoms with van der Waals surface area (Å²) in [4.78, 5) is 0. The SMILES string of the molecule is O=S(=O)(CC1CCNCC1)N1CC2CCCC2C1. The van der Waals surface area contributed by atoms with E-state index in [-0.39, 0.29) is 0 Å². The van der Waals surface area contributed by atoms with E-state index in [0.29, 0.717) is 23.5 Å². The molecule has 5 heteroatoms. The third-order valence-electron chi connectivity index (χ3n) is 4.99. The van der Waals surface area contributed by atoms with Crippen molar-refractivity contribution in [2.45, 2.75) is 32.1 Å². The molecule has 3 aliphatic rings. The maximum Gasteiger partial charge on any atom is 0.214 e. The van der Waals surface area contributed by atoms with Crippen LogP contribution in [-0.2, 0) is 10.0 Å². The Morgan fingerprint density at radius 2 is 1.61 bits per heavy atom. The Hall–Kier alpha value is -0.130. The molecule has 1 saturated carbocycles. The topological polar surface area (TPSA) is 49.4 Å². The minimum Gasteiger partial charge on any atom is -0.317 e. The molecular formula is C13H24N2O2S. The van der Waals surface area contributed by atoms with Crippen molar-refractivity contribution < 1.29 is 8.42 Å². The highest BCUT2D eigenvalue weighted by molar-refractivity contribution is 7.89. The van der Waals surface area contributed by atoms with Gasteiger partial charge in [-0.2, -0.15) is 0 Å². The van der Waals surface area contributed by atoms with Crippen LogP contribution in [0.1, 0.15) is 32.1 Å². The first-order valence-electron chi connectivity index (χ1n) is 7.34. The monoisotopic (exact) mass is 272 g/mol. The second-order valence-electron chi connectivity index (χ2n) is 6.24. The molecule has 18 heavy (non-hydrogen) atoms. The van der Waals surface area contributed by atoms with Crippen molar-refractivity contribution in [3.8, 4) is 0 Å². The van der Waals surface area contributed by atoms with Gasteiger partial charge in [-0.15, -0.1) is 0 Å². The molecule has 3 fully saturated rings. The molecule has 0 aromatic heterocycles. The minimum absolute atomic E-state index is 0.372. The van der Waals surface area contributed by atoms with Crippen molar-refractivity contribution in [1.82, 2.24) is 9.62 Å². The first-order valence-corrected chi connectivity index (χ1v) is 8.94. The van der Waals surface area contributed by atoms with Gasteiger partial charge in [0.15, 0.2) is 0 Å². The van der Waals surface area contributed by atoms with Crippen LogP contribution in [0, 0.1) is 17.8 Å².